The van der Waals surface area contributed by atoms with Gasteiger partial charge in [0.25, 0.3) is 5.91 Å². The summed E-state index contributed by atoms with van der Waals surface area (Å²) in [6, 6.07) is 2.11. The van der Waals surface area contributed by atoms with Gasteiger partial charge in [-0.3, -0.25) is 9.89 Å². The first kappa shape index (κ1) is 12.1. The lowest BCUT2D eigenvalue weighted by Crippen LogP contribution is -2.36. The van der Waals surface area contributed by atoms with Crippen LogP contribution >= 0.6 is 11.3 Å². The van der Waals surface area contributed by atoms with Gasteiger partial charge < -0.3 is 9.64 Å². The molecule has 5 nitrogen and oxygen atoms in total. The summed E-state index contributed by atoms with van der Waals surface area (Å²) in [4.78, 5) is 15.9. The Bertz CT molecular complexity index is 661. The topological polar surface area (TPSA) is 58.2 Å². The van der Waals surface area contributed by atoms with E-state index in [1.54, 1.807) is 11.3 Å². The number of nitrogens with one attached hydrogen (secondary N) is 1. The molecule has 1 amide bonds. The molecule has 1 N–H and O–H groups in total. The Morgan fingerprint density at radius 2 is 2.40 bits per heavy atom. The standard InChI is InChI=1S/C14H15N3O2S/c18-14(13-10-8-19-5-2-11(10)15-16-13)17-4-1-12-9(7-17)3-6-20-12/h3,6H,1-2,4-5,7-8H2,(H,15,16). The van der Waals surface area contributed by atoms with E-state index in [2.05, 4.69) is 21.6 Å². The SMILES string of the molecule is O=C(c1n[nH]c2c1COCC2)N1CCc2sccc2C1. The molecule has 4 heterocycles. The second-order valence-corrected chi connectivity index (χ2v) is 6.18. The number of hydrogen-bond donors (Lipinski definition) is 1. The highest BCUT2D eigenvalue weighted by molar-refractivity contribution is 7.10. The van der Waals surface area contributed by atoms with E-state index in [0.29, 0.717) is 25.5 Å². The Hall–Kier alpha value is -1.66. The van der Waals surface area contributed by atoms with Crippen LogP contribution in [-0.4, -0.2) is 34.2 Å². The monoisotopic (exact) mass is 289 g/mol. The van der Waals surface area contributed by atoms with E-state index < -0.39 is 0 Å². The van der Waals surface area contributed by atoms with Crippen molar-refractivity contribution in [2.75, 3.05) is 13.2 Å². The van der Waals surface area contributed by atoms with E-state index in [9.17, 15) is 4.79 Å². The van der Waals surface area contributed by atoms with Gasteiger partial charge in [-0.05, 0) is 23.4 Å². The van der Waals surface area contributed by atoms with Crippen LogP contribution in [0.5, 0.6) is 0 Å². The van der Waals surface area contributed by atoms with Crippen LogP contribution in [0.1, 0.15) is 32.2 Å². The summed E-state index contributed by atoms with van der Waals surface area (Å²) in [6.07, 6.45) is 1.76. The number of aromatic amines is 1. The zero-order valence-electron chi connectivity index (χ0n) is 11.0. The van der Waals surface area contributed by atoms with Crippen LogP contribution in [0, 0.1) is 0 Å². The maximum Gasteiger partial charge on any atom is 0.275 e. The van der Waals surface area contributed by atoms with Crippen molar-refractivity contribution in [2.24, 2.45) is 0 Å². The van der Waals surface area contributed by atoms with Gasteiger partial charge in [0.1, 0.15) is 0 Å². The largest absolute Gasteiger partial charge is 0.376 e. The number of H-pyrrole nitrogens is 1. The van der Waals surface area contributed by atoms with Gasteiger partial charge >= 0.3 is 0 Å². The third-order valence-corrected chi connectivity index (χ3v) is 5.02. The van der Waals surface area contributed by atoms with E-state index in [1.807, 2.05) is 4.90 Å². The quantitative estimate of drug-likeness (QED) is 0.870. The smallest absolute Gasteiger partial charge is 0.275 e. The van der Waals surface area contributed by atoms with Gasteiger partial charge in [0.15, 0.2) is 5.69 Å². The summed E-state index contributed by atoms with van der Waals surface area (Å²) in [5.41, 5.74) is 3.80. The van der Waals surface area contributed by atoms with Crippen molar-refractivity contribution in [3.63, 3.8) is 0 Å². The highest BCUT2D eigenvalue weighted by Gasteiger charge is 2.28. The molecule has 0 unspecified atom stereocenters. The van der Waals surface area contributed by atoms with Gasteiger partial charge in [-0.2, -0.15) is 5.10 Å². The summed E-state index contributed by atoms with van der Waals surface area (Å²) >= 11 is 1.78. The van der Waals surface area contributed by atoms with Crippen molar-refractivity contribution in [2.45, 2.75) is 26.0 Å². The Morgan fingerprint density at radius 3 is 3.35 bits per heavy atom. The van der Waals surface area contributed by atoms with Crippen LogP contribution in [-0.2, 0) is 30.7 Å². The second kappa shape index (κ2) is 4.71. The minimum absolute atomic E-state index is 0.0184. The zero-order chi connectivity index (χ0) is 13.5. The number of aromatic nitrogens is 2. The highest BCUT2D eigenvalue weighted by atomic mass is 32.1. The first-order valence-electron chi connectivity index (χ1n) is 6.81. The minimum Gasteiger partial charge on any atom is -0.376 e. The summed E-state index contributed by atoms with van der Waals surface area (Å²) in [5, 5.41) is 9.31. The van der Waals surface area contributed by atoms with E-state index in [1.165, 1.54) is 10.4 Å². The first-order chi connectivity index (χ1) is 9.83. The van der Waals surface area contributed by atoms with E-state index >= 15 is 0 Å². The molecule has 2 aliphatic rings. The molecular weight excluding hydrogens is 274 g/mol. The van der Waals surface area contributed by atoms with Crippen LogP contribution in [0.15, 0.2) is 11.4 Å². The molecule has 0 atom stereocenters. The Labute approximate surface area is 120 Å². The molecule has 0 radical (unpaired) electrons. The minimum atomic E-state index is 0.0184. The molecule has 0 aliphatic carbocycles. The molecule has 6 heteroatoms. The fourth-order valence-corrected chi connectivity index (χ4v) is 3.75. The number of thiophene rings is 1. The summed E-state index contributed by atoms with van der Waals surface area (Å²) in [6.45, 7) is 2.66. The van der Waals surface area contributed by atoms with Crippen molar-refractivity contribution >= 4 is 17.2 Å². The molecule has 0 fully saturated rings. The number of ether oxygens (including phenoxy) is 1. The summed E-state index contributed by atoms with van der Waals surface area (Å²) in [7, 11) is 0. The van der Waals surface area contributed by atoms with Crippen molar-refractivity contribution < 1.29 is 9.53 Å². The van der Waals surface area contributed by atoms with Gasteiger partial charge in [-0.15, -0.1) is 11.3 Å². The lowest BCUT2D eigenvalue weighted by atomic mass is 10.1. The van der Waals surface area contributed by atoms with Gasteiger partial charge in [-0.25, -0.2) is 0 Å². The number of carbonyl (C=O) groups is 1. The second-order valence-electron chi connectivity index (χ2n) is 5.18. The van der Waals surface area contributed by atoms with Crippen LogP contribution < -0.4 is 0 Å². The van der Waals surface area contributed by atoms with E-state index in [-0.39, 0.29) is 5.91 Å². The van der Waals surface area contributed by atoms with Crippen molar-refractivity contribution in [1.82, 2.24) is 15.1 Å². The molecule has 0 aromatic carbocycles. The number of carbonyl (C=O) groups excluding carboxylic acids is 1. The molecule has 0 saturated carbocycles. The normalized spacial score (nSPS) is 17.7. The lowest BCUT2D eigenvalue weighted by Gasteiger charge is -2.26. The molecule has 0 bridgehead atoms. The van der Waals surface area contributed by atoms with Gasteiger partial charge in [-0.1, -0.05) is 0 Å². The van der Waals surface area contributed by atoms with E-state index in [0.717, 1.165) is 30.6 Å². The van der Waals surface area contributed by atoms with Crippen molar-refractivity contribution in [3.8, 4) is 0 Å². The van der Waals surface area contributed by atoms with Gasteiger partial charge in [0.2, 0.25) is 0 Å². The molecule has 0 spiro atoms. The fourth-order valence-electron chi connectivity index (χ4n) is 2.86. The number of rotatable bonds is 1. The zero-order valence-corrected chi connectivity index (χ0v) is 11.8. The predicted molar refractivity (Wildman–Crippen MR) is 74.7 cm³/mol. The van der Waals surface area contributed by atoms with Crippen LogP contribution in [0.25, 0.3) is 0 Å². The maximum absolute atomic E-state index is 12.7. The number of fused-ring (bicyclic) bond motifs is 2. The van der Waals surface area contributed by atoms with Gasteiger partial charge in [0, 0.05) is 35.6 Å². The predicted octanol–water partition coefficient (Wildman–Crippen LogP) is 1.74. The molecule has 4 rings (SSSR count). The summed E-state index contributed by atoms with van der Waals surface area (Å²) < 4.78 is 5.45. The number of hydrogen-bond acceptors (Lipinski definition) is 4. The van der Waals surface area contributed by atoms with Crippen LogP contribution in [0.3, 0.4) is 0 Å². The third-order valence-electron chi connectivity index (χ3n) is 3.99. The highest BCUT2D eigenvalue weighted by Crippen LogP contribution is 2.26. The summed E-state index contributed by atoms with van der Waals surface area (Å²) in [5.74, 6) is 0.0184. The molecule has 2 aliphatic heterocycles. The van der Waals surface area contributed by atoms with Crippen molar-refractivity contribution in [1.29, 1.82) is 0 Å². The maximum atomic E-state index is 12.7. The molecular formula is C14H15N3O2S. The molecule has 104 valence electrons. The van der Waals surface area contributed by atoms with Crippen LogP contribution in [0.2, 0.25) is 0 Å². The molecule has 20 heavy (non-hydrogen) atoms. The molecule has 2 aromatic heterocycles. The van der Waals surface area contributed by atoms with E-state index in [4.69, 9.17) is 4.74 Å². The Balaban J connectivity index is 1.61. The lowest BCUT2D eigenvalue weighted by molar-refractivity contribution is 0.0717. The fraction of sp³-hybridized carbons (Fsp3) is 0.429. The molecule has 0 saturated heterocycles. The van der Waals surface area contributed by atoms with Crippen molar-refractivity contribution in [3.05, 3.63) is 38.8 Å². The third kappa shape index (κ3) is 1.87. The van der Waals surface area contributed by atoms with Gasteiger partial charge in [0.05, 0.1) is 13.2 Å². The average Bonchev–Trinajstić information content (AvgIpc) is 3.12. The first-order valence-corrected chi connectivity index (χ1v) is 7.69. The Kier molecular flexibility index (Phi) is 2.85. The average molecular weight is 289 g/mol. The molecule has 2 aromatic rings. The number of nitrogens with zero attached hydrogens (tertiary/aromatic N) is 2. The van der Waals surface area contributed by atoms with Crippen LogP contribution in [0.4, 0.5) is 0 Å². The Morgan fingerprint density at radius 1 is 1.45 bits per heavy atom. The number of amides is 1.